The van der Waals surface area contributed by atoms with Crippen molar-refractivity contribution in [2.24, 2.45) is 5.41 Å². The molecule has 3 heteroatoms. The smallest absolute Gasteiger partial charge is 0.162 e. The van der Waals surface area contributed by atoms with Gasteiger partial charge in [0.1, 0.15) is 5.75 Å². The molecule has 3 nitrogen and oxygen atoms in total. The average Bonchev–Trinajstić information content (AvgIpc) is 2.71. The van der Waals surface area contributed by atoms with Crippen LogP contribution in [0.4, 0.5) is 5.69 Å². The van der Waals surface area contributed by atoms with Crippen molar-refractivity contribution in [3.05, 3.63) is 77.4 Å². The van der Waals surface area contributed by atoms with Crippen LogP contribution in [0.5, 0.6) is 5.75 Å². The molecule has 3 aromatic carbocycles. The van der Waals surface area contributed by atoms with Gasteiger partial charge in [-0.1, -0.05) is 56.3 Å². The molecule has 0 bridgehead atoms. The summed E-state index contributed by atoms with van der Waals surface area (Å²) in [6.07, 6.45) is 1.47. The highest BCUT2D eigenvalue weighted by molar-refractivity contribution is 6.10. The van der Waals surface area contributed by atoms with Crippen molar-refractivity contribution in [3.8, 4) is 5.75 Å². The molecule has 3 aromatic rings. The predicted octanol–water partition coefficient (Wildman–Crippen LogP) is 6.16. The van der Waals surface area contributed by atoms with Crippen LogP contribution in [0.3, 0.4) is 0 Å². The Morgan fingerprint density at radius 1 is 0.966 bits per heavy atom. The van der Waals surface area contributed by atoms with Gasteiger partial charge in [-0.05, 0) is 46.4 Å². The van der Waals surface area contributed by atoms with Crippen molar-refractivity contribution in [3.63, 3.8) is 0 Å². The van der Waals surface area contributed by atoms with E-state index >= 15 is 0 Å². The number of anilines is 1. The van der Waals surface area contributed by atoms with Crippen molar-refractivity contribution in [2.75, 3.05) is 12.4 Å². The fraction of sp³-hybridized carbons (Fsp3) is 0.269. The summed E-state index contributed by atoms with van der Waals surface area (Å²) in [5.41, 5.74) is 5.30. The van der Waals surface area contributed by atoms with E-state index in [0.29, 0.717) is 6.42 Å². The van der Waals surface area contributed by atoms with E-state index in [1.165, 1.54) is 16.3 Å². The van der Waals surface area contributed by atoms with Crippen LogP contribution in [0.2, 0.25) is 0 Å². The van der Waals surface area contributed by atoms with Crippen molar-refractivity contribution in [2.45, 2.75) is 32.7 Å². The lowest BCUT2D eigenvalue weighted by Crippen LogP contribution is -2.33. The van der Waals surface area contributed by atoms with Crippen LogP contribution < -0.4 is 10.1 Å². The van der Waals surface area contributed by atoms with Crippen LogP contribution in [0, 0.1) is 5.41 Å². The van der Waals surface area contributed by atoms with Gasteiger partial charge in [0, 0.05) is 28.8 Å². The fourth-order valence-electron chi connectivity index (χ4n) is 4.89. The third kappa shape index (κ3) is 2.93. The highest BCUT2D eigenvalue weighted by atomic mass is 16.5. The molecule has 1 N–H and O–H groups in total. The number of para-hydroxylation sites is 1. The number of rotatable bonds is 2. The van der Waals surface area contributed by atoms with Crippen LogP contribution in [0.25, 0.3) is 16.3 Å². The van der Waals surface area contributed by atoms with Crippen LogP contribution >= 0.6 is 0 Å². The summed E-state index contributed by atoms with van der Waals surface area (Å²) in [4.78, 5) is 13.4. The standard InChI is InChI=1S/C26H25NO2/c1-26(2)14-20-19-12-16-8-4-5-9-17(16)13-21(19)27-25(24(20)22(28)15-26)18-10-6-7-11-23(18)29-3/h4-13,25,27H,14-15H2,1-3H3/t25-/m1/s1. The van der Waals surface area contributed by atoms with Gasteiger partial charge >= 0.3 is 0 Å². The van der Waals surface area contributed by atoms with Gasteiger partial charge in [-0.3, -0.25) is 4.79 Å². The second kappa shape index (κ2) is 6.48. The number of ether oxygens (including phenoxy) is 1. The summed E-state index contributed by atoms with van der Waals surface area (Å²) < 4.78 is 5.64. The van der Waals surface area contributed by atoms with Gasteiger partial charge in [-0.15, -0.1) is 0 Å². The molecule has 0 spiro atoms. The maximum Gasteiger partial charge on any atom is 0.162 e. The average molecular weight is 383 g/mol. The lowest BCUT2D eigenvalue weighted by molar-refractivity contribution is -0.118. The topological polar surface area (TPSA) is 38.3 Å². The van der Waals surface area contributed by atoms with Crippen LogP contribution in [-0.4, -0.2) is 12.9 Å². The molecule has 29 heavy (non-hydrogen) atoms. The summed E-state index contributed by atoms with van der Waals surface area (Å²) in [5, 5.41) is 6.08. The van der Waals surface area contributed by atoms with E-state index in [9.17, 15) is 4.79 Å². The number of fused-ring (bicyclic) bond motifs is 3. The van der Waals surface area contributed by atoms with Crippen molar-refractivity contribution in [1.29, 1.82) is 0 Å². The Bertz CT molecular complexity index is 1170. The van der Waals surface area contributed by atoms with Crippen LogP contribution in [-0.2, 0) is 4.79 Å². The molecular weight excluding hydrogens is 358 g/mol. The minimum absolute atomic E-state index is 0.0402. The normalized spacial score (nSPS) is 20.1. The number of carbonyl (C=O) groups is 1. The first kappa shape index (κ1) is 18.0. The Kier molecular flexibility index (Phi) is 4.02. The Hall–Kier alpha value is -3.07. The van der Waals surface area contributed by atoms with Gasteiger partial charge < -0.3 is 10.1 Å². The zero-order chi connectivity index (χ0) is 20.2. The predicted molar refractivity (Wildman–Crippen MR) is 118 cm³/mol. The van der Waals surface area contributed by atoms with Crippen molar-refractivity contribution >= 4 is 27.8 Å². The number of ketones is 1. The summed E-state index contributed by atoms with van der Waals surface area (Å²) in [7, 11) is 1.68. The van der Waals surface area contributed by atoms with Gasteiger partial charge in [0.05, 0.1) is 13.2 Å². The van der Waals surface area contributed by atoms with E-state index in [1.807, 2.05) is 18.2 Å². The van der Waals surface area contributed by atoms with Crippen LogP contribution in [0.1, 0.15) is 43.9 Å². The van der Waals surface area contributed by atoms with E-state index in [2.05, 4.69) is 61.6 Å². The molecule has 1 heterocycles. The molecule has 0 fully saturated rings. The minimum Gasteiger partial charge on any atom is -0.496 e. The number of carbonyl (C=O) groups excluding carboxylic acids is 1. The zero-order valence-corrected chi connectivity index (χ0v) is 17.1. The first-order chi connectivity index (χ1) is 14.0. The molecule has 1 aliphatic carbocycles. The summed E-state index contributed by atoms with van der Waals surface area (Å²) in [5.74, 6) is 1.04. The molecule has 146 valence electrons. The quantitative estimate of drug-likeness (QED) is 0.576. The van der Waals surface area contributed by atoms with E-state index in [4.69, 9.17) is 4.74 Å². The SMILES string of the molecule is COc1ccccc1[C@H]1Nc2cc3ccccc3cc2C2=C1C(=O)CC(C)(C)C2. The number of hydrogen-bond donors (Lipinski definition) is 1. The van der Waals surface area contributed by atoms with Crippen molar-refractivity contribution in [1.82, 2.24) is 0 Å². The Balaban J connectivity index is 1.78. The second-order valence-electron chi connectivity index (χ2n) is 8.90. The third-order valence-electron chi connectivity index (χ3n) is 6.17. The highest BCUT2D eigenvalue weighted by Crippen LogP contribution is 2.51. The molecule has 0 aromatic heterocycles. The number of hydrogen-bond acceptors (Lipinski definition) is 3. The van der Waals surface area contributed by atoms with Gasteiger partial charge in [-0.2, -0.15) is 0 Å². The Labute approximate surface area is 171 Å². The maximum atomic E-state index is 13.4. The van der Waals surface area contributed by atoms with E-state index in [1.54, 1.807) is 7.11 Å². The molecule has 0 radical (unpaired) electrons. The second-order valence-corrected chi connectivity index (χ2v) is 8.90. The molecule has 0 saturated heterocycles. The molecule has 1 atom stereocenters. The fourth-order valence-corrected chi connectivity index (χ4v) is 4.89. The van der Waals surface area contributed by atoms with E-state index in [-0.39, 0.29) is 17.2 Å². The van der Waals surface area contributed by atoms with Gasteiger partial charge in [0.2, 0.25) is 0 Å². The monoisotopic (exact) mass is 383 g/mol. The molecule has 0 saturated carbocycles. The lowest BCUT2D eigenvalue weighted by atomic mass is 9.68. The molecule has 0 unspecified atom stereocenters. The first-order valence-corrected chi connectivity index (χ1v) is 10.2. The number of methoxy groups -OCH3 is 1. The summed E-state index contributed by atoms with van der Waals surface area (Å²) in [6, 6.07) is 20.6. The van der Waals surface area contributed by atoms with Crippen molar-refractivity contribution < 1.29 is 9.53 Å². The number of nitrogens with one attached hydrogen (secondary N) is 1. The van der Waals surface area contributed by atoms with E-state index < -0.39 is 0 Å². The number of Topliss-reactive ketones (excluding diaryl/α,β-unsaturated/α-hetero) is 1. The highest BCUT2D eigenvalue weighted by Gasteiger charge is 2.40. The third-order valence-corrected chi connectivity index (χ3v) is 6.17. The van der Waals surface area contributed by atoms with E-state index in [0.717, 1.165) is 34.6 Å². The molecule has 2 aliphatic rings. The van der Waals surface area contributed by atoms with Gasteiger partial charge in [0.15, 0.2) is 5.78 Å². The Morgan fingerprint density at radius 2 is 1.66 bits per heavy atom. The largest absolute Gasteiger partial charge is 0.496 e. The molecular formula is C26H25NO2. The van der Waals surface area contributed by atoms with Gasteiger partial charge in [-0.25, -0.2) is 0 Å². The van der Waals surface area contributed by atoms with Crippen LogP contribution in [0.15, 0.2) is 66.2 Å². The Morgan fingerprint density at radius 3 is 2.41 bits per heavy atom. The molecule has 0 amide bonds. The van der Waals surface area contributed by atoms with Gasteiger partial charge in [0.25, 0.3) is 0 Å². The number of allylic oxidation sites excluding steroid dienone is 1. The molecule has 5 rings (SSSR count). The summed E-state index contributed by atoms with van der Waals surface area (Å²) >= 11 is 0. The zero-order valence-electron chi connectivity index (χ0n) is 17.1. The number of benzene rings is 3. The molecule has 1 aliphatic heterocycles. The maximum absolute atomic E-state index is 13.4. The minimum atomic E-state index is -0.196. The first-order valence-electron chi connectivity index (χ1n) is 10.2. The summed E-state index contributed by atoms with van der Waals surface area (Å²) in [6.45, 7) is 4.38. The lowest BCUT2D eigenvalue weighted by Gasteiger charge is -2.40.